The van der Waals surface area contributed by atoms with Crippen LogP contribution in [-0.2, 0) is 11.2 Å². The molecule has 0 unspecified atom stereocenters. The van der Waals surface area contributed by atoms with E-state index in [1.54, 1.807) is 49.8 Å². The Hall–Kier alpha value is -3.12. The third kappa shape index (κ3) is 5.73. The van der Waals surface area contributed by atoms with Gasteiger partial charge in [0.1, 0.15) is 16.7 Å². The molecule has 2 heterocycles. The molecule has 5 nitrogen and oxygen atoms in total. The summed E-state index contributed by atoms with van der Waals surface area (Å²) in [5.74, 6) is -0.701. The summed E-state index contributed by atoms with van der Waals surface area (Å²) in [5.41, 5.74) is 2.82. The second-order valence-electron chi connectivity index (χ2n) is 7.21. The molecular weight excluding hydrogens is 417 g/mol. The highest BCUT2D eigenvalue weighted by molar-refractivity contribution is 6.29. The molecule has 3 rings (SSSR count). The van der Waals surface area contributed by atoms with Crippen LogP contribution in [0.1, 0.15) is 42.2 Å². The lowest BCUT2D eigenvalue weighted by Gasteiger charge is -2.18. The first-order chi connectivity index (χ1) is 14.9. The monoisotopic (exact) mass is 439 g/mol. The summed E-state index contributed by atoms with van der Waals surface area (Å²) < 4.78 is 14.6. The van der Waals surface area contributed by atoms with Gasteiger partial charge in [0, 0.05) is 37.8 Å². The Labute approximate surface area is 185 Å². The molecule has 0 saturated carbocycles. The number of aryl methyl sites for hydroxylation is 1. The van der Waals surface area contributed by atoms with Crippen LogP contribution >= 0.6 is 11.6 Å². The minimum atomic E-state index is -0.485. The predicted octanol–water partition coefficient (Wildman–Crippen LogP) is 5.51. The van der Waals surface area contributed by atoms with Gasteiger partial charge in [0.2, 0.25) is 5.91 Å². The van der Waals surface area contributed by atoms with Crippen molar-refractivity contribution in [3.05, 3.63) is 77.1 Å². The van der Waals surface area contributed by atoms with Crippen LogP contribution in [0.2, 0.25) is 5.15 Å². The fourth-order valence-corrected chi connectivity index (χ4v) is 3.26. The van der Waals surface area contributed by atoms with Crippen LogP contribution < -0.4 is 4.90 Å². The van der Waals surface area contributed by atoms with E-state index in [0.29, 0.717) is 47.7 Å². The average molecular weight is 440 g/mol. The standard InChI is InChI=1S/C24H23ClFN3O2/c1-3-4-24(31)29(2)21-10-8-17(13-19(21)26)18-7-9-20(27-15-18)22(30)11-5-16-6-12-23(25)28-14-16/h6-10,12-15H,3-5,11H2,1-2H3. The largest absolute Gasteiger partial charge is 0.313 e. The maximum atomic E-state index is 14.6. The van der Waals surface area contributed by atoms with Gasteiger partial charge in [0.05, 0.1) is 5.69 Å². The first kappa shape index (κ1) is 22.6. The minimum absolute atomic E-state index is 0.0842. The number of hydrogen-bond acceptors (Lipinski definition) is 4. The van der Waals surface area contributed by atoms with Crippen molar-refractivity contribution < 1.29 is 14.0 Å². The van der Waals surface area contributed by atoms with Crippen LogP contribution in [0.25, 0.3) is 11.1 Å². The van der Waals surface area contributed by atoms with E-state index in [4.69, 9.17) is 11.6 Å². The summed E-state index contributed by atoms with van der Waals surface area (Å²) in [6.45, 7) is 1.90. The van der Waals surface area contributed by atoms with Crippen LogP contribution in [-0.4, -0.2) is 28.7 Å². The molecule has 31 heavy (non-hydrogen) atoms. The van der Waals surface area contributed by atoms with Crippen molar-refractivity contribution in [3.63, 3.8) is 0 Å². The number of pyridine rings is 2. The summed E-state index contributed by atoms with van der Waals surface area (Å²) in [5, 5.41) is 0.413. The van der Waals surface area contributed by atoms with Crippen LogP contribution in [0.15, 0.2) is 54.9 Å². The molecule has 1 amide bonds. The van der Waals surface area contributed by atoms with E-state index in [-0.39, 0.29) is 17.4 Å². The third-order valence-electron chi connectivity index (χ3n) is 4.96. The highest BCUT2D eigenvalue weighted by Gasteiger charge is 2.15. The Morgan fingerprint density at radius 2 is 1.77 bits per heavy atom. The molecular formula is C24H23ClFN3O2. The van der Waals surface area contributed by atoms with Crippen molar-refractivity contribution in [2.45, 2.75) is 32.6 Å². The number of anilines is 1. The zero-order valence-electron chi connectivity index (χ0n) is 17.4. The number of ketones is 1. The fourth-order valence-electron chi connectivity index (χ4n) is 3.14. The third-order valence-corrected chi connectivity index (χ3v) is 5.18. The molecule has 0 aliphatic carbocycles. The quantitative estimate of drug-likeness (QED) is 0.342. The van der Waals surface area contributed by atoms with E-state index >= 15 is 0 Å². The predicted molar refractivity (Wildman–Crippen MR) is 120 cm³/mol. The van der Waals surface area contributed by atoms with Crippen LogP contribution in [0.3, 0.4) is 0 Å². The van der Waals surface area contributed by atoms with Gasteiger partial charge in [-0.05, 0) is 48.2 Å². The van der Waals surface area contributed by atoms with Gasteiger partial charge in [-0.1, -0.05) is 36.7 Å². The molecule has 0 aliphatic rings. The second kappa shape index (κ2) is 10.3. The molecule has 160 valence electrons. The highest BCUT2D eigenvalue weighted by Crippen LogP contribution is 2.26. The van der Waals surface area contributed by atoms with Crippen molar-refractivity contribution >= 4 is 29.0 Å². The number of rotatable bonds is 8. The molecule has 0 aliphatic heterocycles. The first-order valence-corrected chi connectivity index (χ1v) is 10.4. The maximum Gasteiger partial charge on any atom is 0.226 e. The maximum absolute atomic E-state index is 14.6. The lowest BCUT2D eigenvalue weighted by atomic mass is 10.0. The second-order valence-corrected chi connectivity index (χ2v) is 7.60. The number of carbonyl (C=O) groups excluding carboxylic acids is 2. The number of carbonyl (C=O) groups is 2. The van der Waals surface area contributed by atoms with Crippen molar-refractivity contribution in [2.75, 3.05) is 11.9 Å². The smallest absolute Gasteiger partial charge is 0.226 e. The zero-order chi connectivity index (χ0) is 22.4. The van der Waals surface area contributed by atoms with Crippen LogP contribution in [0, 0.1) is 5.82 Å². The number of benzene rings is 1. The Kier molecular flexibility index (Phi) is 7.47. The molecule has 0 spiro atoms. The SMILES string of the molecule is CCCC(=O)N(C)c1ccc(-c2ccc(C(=O)CCc3ccc(Cl)nc3)nc2)cc1F. The fraction of sp³-hybridized carbons (Fsp3) is 0.250. The van der Waals surface area contributed by atoms with E-state index in [1.165, 1.54) is 11.0 Å². The normalized spacial score (nSPS) is 10.7. The van der Waals surface area contributed by atoms with E-state index in [1.807, 2.05) is 13.0 Å². The van der Waals surface area contributed by atoms with Crippen LogP contribution in [0.4, 0.5) is 10.1 Å². The summed E-state index contributed by atoms with van der Waals surface area (Å²) in [6.07, 6.45) is 5.12. The summed E-state index contributed by atoms with van der Waals surface area (Å²) >= 11 is 5.77. The van der Waals surface area contributed by atoms with E-state index in [0.717, 1.165) is 5.56 Å². The van der Waals surface area contributed by atoms with E-state index in [9.17, 15) is 14.0 Å². The van der Waals surface area contributed by atoms with Gasteiger partial charge >= 0.3 is 0 Å². The van der Waals surface area contributed by atoms with Gasteiger partial charge in [-0.2, -0.15) is 0 Å². The molecule has 1 aromatic carbocycles. The van der Waals surface area contributed by atoms with Crippen molar-refractivity contribution in [1.29, 1.82) is 0 Å². The summed E-state index contributed by atoms with van der Waals surface area (Å²) in [6, 6.07) is 11.6. The lowest BCUT2D eigenvalue weighted by Crippen LogP contribution is -2.26. The lowest BCUT2D eigenvalue weighted by molar-refractivity contribution is -0.118. The number of Topliss-reactive ketones (excluding diaryl/α,β-unsaturated/α-hetero) is 1. The summed E-state index contributed by atoms with van der Waals surface area (Å²) in [4.78, 5) is 34.0. The molecule has 2 aromatic heterocycles. The Balaban J connectivity index is 1.67. The molecule has 0 atom stereocenters. The molecule has 0 bridgehead atoms. The zero-order valence-corrected chi connectivity index (χ0v) is 18.2. The van der Waals surface area contributed by atoms with E-state index in [2.05, 4.69) is 9.97 Å². The molecule has 7 heteroatoms. The van der Waals surface area contributed by atoms with Gasteiger partial charge < -0.3 is 4.90 Å². The summed E-state index contributed by atoms with van der Waals surface area (Å²) in [7, 11) is 1.57. The number of aromatic nitrogens is 2. The number of hydrogen-bond donors (Lipinski definition) is 0. The van der Waals surface area contributed by atoms with Gasteiger partial charge in [0.15, 0.2) is 5.78 Å². The van der Waals surface area contributed by atoms with Gasteiger partial charge in [-0.3, -0.25) is 14.6 Å². The molecule has 0 saturated heterocycles. The molecule has 3 aromatic rings. The number of nitrogens with zero attached hydrogens (tertiary/aromatic N) is 3. The van der Waals surface area contributed by atoms with E-state index < -0.39 is 5.82 Å². The average Bonchev–Trinajstić information content (AvgIpc) is 2.78. The highest BCUT2D eigenvalue weighted by atomic mass is 35.5. The first-order valence-electron chi connectivity index (χ1n) is 10.0. The van der Waals surface area contributed by atoms with Gasteiger partial charge in [-0.15, -0.1) is 0 Å². The van der Waals surface area contributed by atoms with Crippen molar-refractivity contribution in [1.82, 2.24) is 9.97 Å². The Bertz CT molecular complexity index is 1070. The number of amides is 1. The number of halogens is 2. The van der Waals surface area contributed by atoms with Gasteiger partial charge in [-0.25, -0.2) is 9.37 Å². The van der Waals surface area contributed by atoms with Gasteiger partial charge in [0.25, 0.3) is 0 Å². The van der Waals surface area contributed by atoms with Crippen molar-refractivity contribution in [3.8, 4) is 11.1 Å². The topological polar surface area (TPSA) is 63.2 Å². The van der Waals surface area contributed by atoms with Crippen LogP contribution in [0.5, 0.6) is 0 Å². The Morgan fingerprint density at radius 1 is 1.00 bits per heavy atom. The Morgan fingerprint density at radius 3 is 2.39 bits per heavy atom. The molecule has 0 radical (unpaired) electrons. The minimum Gasteiger partial charge on any atom is -0.313 e. The molecule has 0 fully saturated rings. The molecule has 0 N–H and O–H groups in total. The van der Waals surface area contributed by atoms with Crippen molar-refractivity contribution in [2.24, 2.45) is 0 Å².